The average Bonchev–Trinajstić information content (AvgIpc) is 2.36. The molecule has 0 saturated heterocycles. The smallest absolute Gasteiger partial charge is 0.172 e. The summed E-state index contributed by atoms with van der Waals surface area (Å²) in [6.45, 7) is 3.85. The summed E-state index contributed by atoms with van der Waals surface area (Å²) in [6.07, 6.45) is 3.99. The first kappa shape index (κ1) is 4.98. The topological polar surface area (TPSA) is 17.1 Å². The van der Waals surface area contributed by atoms with Gasteiger partial charge in [0.1, 0.15) is 0 Å². The number of rotatable bonds is 0. The van der Waals surface area contributed by atoms with Crippen molar-refractivity contribution in [3.63, 3.8) is 0 Å². The molecule has 1 nitrogen and oxygen atoms in total. The van der Waals surface area contributed by atoms with Gasteiger partial charge in [0.05, 0.1) is 5.41 Å². The lowest BCUT2D eigenvalue weighted by Gasteiger charge is -2.01. The average molecular weight is 120 g/mol. The predicted octanol–water partition coefficient (Wildman–Crippen LogP) is 1.46. The Morgan fingerprint density at radius 3 is 2.44 bits per heavy atom. The Morgan fingerprint density at radius 2 is 2.22 bits per heavy atom. The molecule has 46 valence electrons. The van der Waals surface area contributed by atoms with Crippen LogP contribution in [0.1, 0.15) is 13.8 Å². The van der Waals surface area contributed by atoms with Gasteiger partial charge in [-0.15, -0.1) is 0 Å². The van der Waals surface area contributed by atoms with Crippen molar-refractivity contribution in [3.8, 4) is 0 Å². The van der Waals surface area contributed by atoms with Crippen LogP contribution in [0.25, 0.3) is 0 Å². The molecule has 0 aromatic rings. The summed E-state index contributed by atoms with van der Waals surface area (Å²) in [5.41, 5.74) is 1.98. The lowest BCUT2D eigenvalue weighted by molar-refractivity contribution is -0.118. The Labute approximate surface area is 54.1 Å². The number of hydrogen-bond donors (Lipinski definition) is 0. The Morgan fingerprint density at radius 1 is 1.56 bits per heavy atom. The highest BCUT2D eigenvalue weighted by molar-refractivity contribution is 6.11. The second kappa shape index (κ2) is 1.04. The van der Waals surface area contributed by atoms with Crippen molar-refractivity contribution < 1.29 is 4.79 Å². The quantitative estimate of drug-likeness (QED) is 0.473. The van der Waals surface area contributed by atoms with Crippen LogP contribution in [-0.2, 0) is 4.79 Å². The third-order valence-corrected chi connectivity index (χ3v) is 2.16. The lowest BCUT2D eigenvalue weighted by Crippen LogP contribution is -2.10. The van der Waals surface area contributed by atoms with Gasteiger partial charge in [-0.2, -0.15) is 0 Å². The second-order valence-electron chi connectivity index (χ2n) is 2.96. The maximum Gasteiger partial charge on any atom is 0.172 e. The highest BCUT2D eigenvalue weighted by Crippen LogP contribution is 2.51. The monoisotopic (exact) mass is 120 g/mol. The van der Waals surface area contributed by atoms with Gasteiger partial charge >= 0.3 is 0 Å². The fourth-order valence-corrected chi connectivity index (χ4v) is 1.37. The minimum atomic E-state index is -0.149. The molecule has 9 heavy (non-hydrogen) atoms. The van der Waals surface area contributed by atoms with Crippen LogP contribution in [0.5, 0.6) is 0 Å². The van der Waals surface area contributed by atoms with E-state index >= 15 is 0 Å². The van der Waals surface area contributed by atoms with E-state index in [2.05, 4.69) is 0 Å². The maximum atomic E-state index is 11.1. The molecule has 2 rings (SSSR count). The highest BCUT2D eigenvalue weighted by atomic mass is 16.1. The molecule has 1 atom stereocenters. The molecule has 0 bridgehead atoms. The molecule has 0 aliphatic heterocycles. The number of allylic oxidation sites excluding steroid dienone is 4. The number of hydrogen-bond acceptors (Lipinski definition) is 1. The van der Waals surface area contributed by atoms with E-state index in [9.17, 15) is 4.79 Å². The Balaban J connectivity index is 2.49. The van der Waals surface area contributed by atoms with E-state index in [1.165, 1.54) is 5.57 Å². The van der Waals surface area contributed by atoms with Crippen molar-refractivity contribution in [3.05, 3.63) is 23.3 Å². The first-order chi connectivity index (χ1) is 4.14. The number of Topliss-reactive ketones (excluding diaryl/α,β-unsaturated/α-hetero) is 1. The third kappa shape index (κ3) is 0.387. The van der Waals surface area contributed by atoms with Gasteiger partial charge in [0.15, 0.2) is 5.78 Å². The van der Waals surface area contributed by atoms with E-state index in [0.29, 0.717) is 0 Å². The van der Waals surface area contributed by atoms with E-state index in [1.807, 2.05) is 26.0 Å². The van der Waals surface area contributed by atoms with Gasteiger partial charge in [0, 0.05) is 0 Å². The summed E-state index contributed by atoms with van der Waals surface area (Å²) in [7, 11) is 0. The number of carbonyl (C=O) groups is 1. The lowest BCUT2D eigenvalue weighted by atomic mass is 10.00. The zero-order chi connectivity index (χ0) is 6.65. The molecule has 2 aliphatic rings. The fraction of sp³-hybridized carbons (Fsp3) is 0.375. The molecule has 0 radical (unpaired) electrons. The molecule has 0 fully saturated rings. The number of carbonyl (C=O) groups excluding carboxylic acids is 1. The minimum absolute atomic E-state index is 0.149. The van der Waals surface area contributed by atoms with Crippen LogP contribution in [0.2, 0.25) is 0 Å². The van der Waals surface area contributed by atoms with Gasteiger partial charge in [-0.1, -0.05) is 12.2 Å². The van der Waals surface area contributed by atoms with E-state index in [4.69, 9.17) is 0 Å². The van der Waals surface area contributed by atoms with Gasteiger partial charge in [-0.25, -0.2) is 0 Å². The number of ketones is 1. The van der Waals surface area contributed by atoms with Crippen LogP contribution in [-0.4, -0.2) is 5.78 Å². The molecular weight excluding hydrogens is 112 g/mol. The molecule has 1 heteroatoms. The maximum absolute atomic E-state index is 11.1. The molecule has 0 heterocycles. The van der Waals surface area contributed by atoms with Crippen molar-refractivity contribution >= 4 is 5.78 Å². The molecule has 0 N–H and O–H groups in total. The first-order valence-corrected chi connectivity index (χ1v) is 3.11. The Bertz CT molecular complexity index is 258. The van der Waals surface area contributed by atoms with Crippen LogP contribution >= 0.6 is 0 Å². The van der Waals surface area contributed by atoms with Crippen molar-refractivity contribution in [1.82, 2.24) is 0 Å². The second-order valence-corrected chi connectivity index (χ2v) is 2.96. The Hall–Kier alpha value is -0.850. The van der Waals surface area contributed by atoms with E-state index in [1.54, 1.807) is 0 Å². The van der Waals surface area contributed by atoms with Crippen molar-refractivity contribution in [1.29, 1.82) is 0 Å². The normalized spacial score (nSPS) is 37.8. The highest BCUT2D eigenvalue weighted by Gasteiger charge is 2.49. The third-order valence-electron chi connectivity index (χ3n) is 2.16. The van der Waals surface area contributed by atoms with Crippen LogP contribution < -0.4 is 0 Å². The van der Waals surface area contributed by atoms with Crippen LogP contribution in [0.4, 0.5) is 0 Å². The van der Waals surface area contributed by atoms with E-state index < -0.39 is 0 Å². The van der Waals surface area contributed by atoms with Crippen LogP contribution in [0.3, 0.4) is 0 Å². The summed E-state index contributed by atoms with van der Waals surface area (Å²) in [6, 6.07) is 0. The SMILES string of the molecule is CC1=CC2=CC2(C)C1=O. The zero-order valence-electron chi connectivity index (χ0n) is 5.56. The van der Waals surface area contributed by atoms with Gasteiger partial charge in [0.2, 0.25) is 0 Å². The molecule has 0 amide bonds. The minimum Gasteiger partial charge on any atom is -0.293 e. The van der Waals surface area contributed by atoms with Gasteiger partial charge in [-0.3, -0.25) is 4.79 Å². The molecular formula is C8H8O. The molecule has 2 aliphatic carbocycles. The molecule has 0 aromatic carbocycles. The van der Waals surface area contributed by atoms with Crippen LogP contribution in [0, 0.1) is 5.41 Å². The van der Waals surface area contributed by atoms with Crippen molar-refractivity contribution in [2.45, 2.75) is 13.8 Å². The molecule has 0 spiro atoms. The fourth-order valence-electron chi connectivity index (χ4n) is 1.37. The van der Waals surface area contributed by atoms with Crippen LogP contribution in [0.15, 0.2) is 23.3 Å². The standard InChI is InChI=1S/C8H8O/c1-5-3-6-4-8(6,2)7(5)9/h3-4H,1-2H3. The zero-order valence-corrected chi connectivity index (χ0v) is 5.56. The summed E-state index contributed by atoms with van der Waals surface area (Å²) < 4.78 is 0. The summed E-state index contributed by atoms with van der Waals surface area (Å²) >= 11 is 0. The predicted molar refractivity (Wildman–Crippen MR) is 35.0 cm³/mol. The largest absolute Gasteiger partial charge is 0.293 e. The van der Waals surface area contributed by atoms with Crippen molar-refractivity contribution in [2.24, 2.45) is 5.41 Å². The first-order valence-electron chi connectivity index (χ1n) is 3.11. The van der Waals surface area contributed by atoms with Gasteiger partial charge in [-0.05, 0) is 25.0 Å². The molecule has 0 aromatic heterocycles. The van der Waals surface area contributed by atoms with Gasteiger partial charge < -0.3 is 0 Å². The molecule has 0 saturated carbocycles. The molecule has 1 unspecified atom stereocenters. The summed E-state index contributed by atoms with van der Waals surface area (Å²) in [5, 5.41) is 0. The van der Waals surface area contributed by atoms with E-state index in [-0.39, 0.29) is 11.2 Å². The summed E-state index contributed by atoms with van der Waals surface area (Å²) in [4.78, 5) is 11.1. The Kier molecular flexibility index (Phi) is 0.573. The van der Waals surface area contributed by atoms with Crippen molar-refractivity contribution in [2.75, 3.05) is 0 Å². The summed E-state index contributed by atoms with van der Waals surface area (Å²) in [5.74, 6) is 0.289. The number of fused-ring (bicyclic) bond motifs is 1. The van der Waals surface area contributed by atoms with Gasteiger partial charge in [0.25, 0.3) is 0 Å². The van der Waals surface area contributed by atoms with E-state index in [0.717, 1.165) is 5.57 Å².